The summed E-state index contributed by atoms with van der Waals surface area (Å²) in [5.74, 6) is -0.00417. The molecule has 1 aliphatic rings. The molecule has 1 aliphatic heterocycles. The van der Waals surface area contributed by atoms with Crippen molar-refractivity contribution in [3.8, 4) is 16.3 Å². The van der Waals surface area contributed by atoms with Gasteiger partial charge in [0.1, 0.15) is 10.7 Å². The fraction of sp³-hybridized carbons (Fsp3) is 0.294. The van der Waals surface area contributed by atoms with Gasteiger partial charge in [-0.15, -0.1) is 11.3 Å². The van der Waals surface area contributed by atoms with Crippen molar-refractivity contribution in [3.63, 3.8) is 0 Å². The number of thiazole rings is 1. The van der Waals surface area contributed by atoms with Crippen LogP contribution in [0.1, 0.15) is 17.4 Å². The van der Waals surface area contributed by atoms with Crippen LogP contribution in [0.3, 0.4) is 0 Å². The molecule has 0 aliphatic carbocycles. The van der Waals surface area contributed by atoms with Crippen molar-refractivity contribution in [1.82, 2.24) is 30.0 Å². The third-order valence-electron chi connectivity index (χ3n) is 4.12. The second-order valence-electron chi connectivity index (χ2n) is 6.03. The quantitative estimate of drug-likeness (QED) is 0.776. The number of hydrogen-bond donors (Lipinski definition) is 1. The molecule has 1 amide bonds. The van der Waals surface area contributed by atoms with E-state index >= 15 is 0 Å². The largest absolute Gasteiger partial charge is 0.334 e. The average molecular weight is 354 g/mol. The minimum atomic E-state index is -0.00417. The predicted octanol–water partition coefficient (Wildman–Crippen LogP) is 1.82. The number of nitrogens with one attached hydrogen (secondary N) is 1. The first-order valence-corrected chi connectivity index (χ1v) is 9.02. The summed E-state index contributed by atoms with van der Waals surface area (Å²) in [6.07, 6.45) is 7.13. The number of pyridine rings is 1. The molecule has 0 saturated carbocycles. The highest BCUT2D eigenvalue weighted by molar-refractivity contribution is 7.13. The van der Waals surface area contributed by atoms with Crippen molar-refractivity contribution in [3.05, 3.63) is 48.0 Å². The standard InChI is InChI=1S/C17H18N6OS/c1-12-9-22(6-5-19-12)17(24)15-11-25-16(21-15)13-7-20-23(10-13)14-3-2-4-18-8-14/h2-4,7-8,10-12,19H,5-6,9H2,1H3/t12-/m0/s1. The lowest BCUT2D eigenvalue weighted by Gasteiger charge is -2.31. The van der Waals surface area contributed by atoms with Gasteiger partial charge in [0.05, 0.1) is 18.1 Å². The van der Waals surface area contributed by atoms with Gasteiger partial charge in [-0.1, -0.05) is 0 Å². The molecule has 1 saturated heterocycles. The summed E-state index contributed by atoms with van der Waals surface area (Å²) in [7, 11) is 0. The molecule has 128 valence electrons. The summed E-state index contributed by atoms with van der Waals surface area (Å²) in [6, 6.07) is 4.12. The molecule has 0 unspecified atom stereocenters. The van der Waals surface area contributed by atoms with E-state index in [9.17, 15) is 4.79 Å². The third kappa shape index (κ3) is 3.31. The van der Waals surface area contributed by atoms with Crippen LogP contribution < -0.4 is 5.32 Å². The van der Waals surface area contributed by atoms with Crippen molar-refractivity contribution in [1.29, 1.82) is 0 Å². The predicted molar refractivity (Wildman–Crippen MR) is 95.8 cm³/mol. The van der Waals surface area contributed by atoms with Gasteiger partial charge in [-0.05, 0) is 19.1 Å². The van der Waals surface area contributed by atoms with E-state index in [0.717, 1.165) is 29.3 Å². The number of nitrogens with zero attached hydrogens (tertiary/aromatic N) is 5. The van der Waals surface area contributed by atoms with Gasteiger partial charge >= 0.3 is 0 Å². The van der Waals surface area contributed by atoms with Crippen LogP contribution in [0, 0.1) is 0 Å². The number of piperazine rings is 1. The molecule has 7 nitrogen and oxygen atoms in total. The zero-order chi connectivity index (χ0) is 17.2. The topological polar surface area (TPSA) is 75.9 Å². The Morgan fingerprint density at radius 3 is 3.12 bits per heavy atom. The molecular formula is C17H18N6OS. The maximum absolute atomic E-state index is 12.6. The van der Waals surface area contributed by atoms with E-state index in [4.69, 9.17) is 0 Å². The lowest BCUT2D eigenvalue weighted by atomic mass is 10.2. The zero-order valence-corrected chi connectivity index (χ0v) is 14.6. The Morgan fingerprint density at radius 1 is 1.40 bits per heavy atom. The Labute approximate surface area is 149 Å². The molecular weight excluding hydrogens is 336 g/mol. The Kier molecular flexibility index (Phi) is 4.29. The number of amides is 1. The first-order chi connectivity index (χ1) is 12.2. The second kappa shape index (κ2) is 6.73. The molecule has 25 heavy (non-hydrogen) atoms. The van der Waals surface area contributed by atoms with E-state index in [2.05, 4.69) is 27.3 Å². The highest BCUT2D eigenvalue weighted by Gasteiger charge is 2.23. The number of hydrogen-bond acceptors (Lipinski definition) is 6. The van der Waals surface area contributed by atoms with Gasteiger partial charge in [0.2, 0.25) is 0 Å². The van der Waals surface area contributed by atoms with Crippen LogP contribution >= 0.6 is 11.3 Å². The molecule has 3 aromatic heterocycles. The normalized spacial score (nSPS) is 17.6. The summed E-state index contributed by atoms with van der Waals surface area (Å²) in [4.78, 5) is 23.1. The fourth-order valence-electron chi connectivity index (χ4n) is 2.85. The molecule has 4 heterocycles. The zero-order valence-electron chi connectivity index (χ0n) is 13.8. The molecule has 0 aromatic carbocycles. The molecule has 1 fully saturated rings. The highest BCUT2D eigenvalue weighted by atomic mass is 32.1. The van der Waals surface area contributed by atoms with Gasteiger partial charge in [0, 0.05) is 49.0 Å². The maximum Gasteiger partial charge on any atom is 0.273 e. The van der Waals surface area contributed by atoms with E-state index in [-0.39, 0.29) is 5.91 Å². The first-order valence-electron chi connectivity index (χ1n) is 8.14. The Balaban J connectivity index is 1.53. The smallest absolute Gasteiger partial charge is 0.273 e. The Hall–Kier alpha value is -2.58. The summed E-state index contributed by atoms with van der Waals surface area (Å²) in [5, 5.41) is 10.3. The second-order valence-corrected chi connectivity index (χ2v) is 6.89. The van der Waals surface area contributed by atoms with Crippen molar-refractivity contribution in [2.45, 2.75) is 13.0 Å². The minimum Gasteiger partial charge on any atom is -0.334 e. The SMILES string of the molecule is C[C@H]1CN(C(=O)c2csc(-c3cnn(-c4cccnc4)c3)n2)CCN1. The number of aromatic nitrogens is 4. The number of rotatable bonds is 3. The molecule has 4 rings (SSSR count). The van der Waals surface area contributed by atoms with Crippen LogP contribution in [0.5, 0.6) is 0 Å². The number of carbonyl (C=O) groups is 1. The minimum absolute atomic E-state index is 0.00417. The highest BCUT2D eigenvalue weighted by Crippen LogP contribution is 2.25. The Bertz CT molecular complexity index is 874. The van der Waals surface area contributed by atoms with Crippen molar-refractivity contribution >= 4 is 17.2 Å². The van der Waals surface area contributed by atoms with Gasteiger partial charge in [0.15, 0.2) is 0 Å². The van der Waals surface area contributed by atoms with E-state index in [1.165, 1.54) is 11.3 Å². The van der Waals surface area contributed by atoms with E-state index < -0.39 is 0 Å². The first kappa shape index (κ1) is 15.9. The van der Waals surface area contributed by atoms with Gasteiger partial charge in [0.25, 0.3) is 5.91 Å². The van der Waals surface area contributed by atoms with Gasteiger partial charge < -0.3 is 10.2 Å². The molecule has 0 radical (unpaired) electrons. The number of carbonyl (C=O) groups excluding carboxylic acids is 1. The summed E-state index contributed by atoms with van der Waals surface area (Å²) >= 11 is 1.46. The van der Waals surface area contributed by atoms with Crippen molar-refractivity contribution < 1.29 is 4.79 Å². The summed E-state index contributed by atoms with van der Waals surface area (Å²) < 4.78 is 1.75. The van der Waals surface area contributed by atoms with Gasteiger partial charge in [-0.2, -0.15) is 5.10 Å². The van der Waals surface area contributed by atoms with Gasteiger partial charge in [-0.25, -0.2) is 9.67 Å². The van der Waals surface area contributed by atoms with Gasteiger partial charge in [-0.3, -0.25) is 9.78 Å². The van der Waals surface area contributed by atoms with Crippen LogP contribution in [0.25, 0.3) is 16.3 Å². The third-order valence-corrected chi connectivity index (χ3v) is 5.01. The van der Waals surface area contributed by atoms with Crippen LogP contribution in [0.15, 0.2) is 42.3 Å². The van der Waals surface area contributed by atoms with Crippen LogP contribution in [0.4, 0.5) is 0 Å². The molecule has 0 bridgehead atoms. The van der Waals surface area contributed by atoms with E-state index in [1.807, 2.05) is 28.6 Å². The summed E-state index contributed by atoms with van der Waals surface area (Å²) in [6.45, 7) is 4.33. The average Bonchev–Trinajstić information content (AvgIpc) is 3.31. The lowest BCUT2D eigenvalue weighted by Crippen LogP contribution is -2.51. The Morgan fingerprint density at radius 2 is 2.32 bits per heavy atom. The van der Waals surface area contributed by atoms with Crippen LogP contribution in [-0.2, 0) is 0 Å². The molecule has 8 heteroatoms. The van der Waals surface area contributed by atoms with Crippen LogP contribution in [-0.4, -0.2) is 56.2 Å². The van der Waals surface area contributed by atoms with Crippen molar-refractivity contribution in [2.75, 3.05) is 19.6 Å². The lowest BCUT2D eigenvalue weighted by molar-refractivity contribution is 0.0704. The summed E-state index contributed by atoms with van der Waals surface area (Å²) in [5.41, 5.74) is 2.28. The van der Waals surface area contributed by atoms with Crippen LogP contribution in [0.2, 0.25) is 0 Å². The fourth-order valence-corrected chi connectivity index (χ4v) is 3.62. The molecule has 3 aromatic rings. The molecule has 0 spiro atoms. The maximum atomic E-state index is 12.6. The van der Waals surface area contributed by atoms with E-state index in [1.54, 1.807) is 23.3 Å². The monoisotopic (exact) mass is 354 g/mol. The van der Waals surface area contributed by atoms with E-state index in [0.29, 0.717) is 18.3 Å². The molecule has 1 N–H and O–H groups in total. The molecule has 1 atom stereocenters. The van der Waals surface area contributed by atoms with Crippen molar-refractivity contribution in [2.24, 2.45) is 0 Å².